The first-order chi connectivity index (χ1) is 17.9. The highest BCUT2D eigenvalue weighted by Gasteiger charge is 2.31. The first-order valence-electron chi connectivity index (χ1n) is 14.0. The number of rotatable bonds is 4. The van der Waals surface area contributed by atoms with Crippen LogP contribution in [0.1, 0.15) is 98.6 Å². The van der Waals surface area contributed by atoms with Gasteiger partial charge in [-0.1, -0.05) is 26.0 Å². The summed E-state index contributed by atoms with van der Waals surface area (Å²) in [4.78, 5) is 37.8. The summed E-state index contributed by atoms with van der Waals surface area (Å²) in [5.74, 6) is 1.04. The summed E-state index contributed by atoms with van der Waals surface area (Å²) >= 11 is 0. The zero-order valence-electron chi connectivity index (χ0n) is 23.9. The molecule has 2 aliphatic heterocycles. The van der Waals surface area contributed by atoms with Gasteiger partial charge in [-0.15, -0.1) is 0 Å². The molecule has 4 heterocycles. The molecule has 0 aromatic carbocycles. The van der Waals surface area contributed by atoms with Crippen LogP contribution in [0.4, 0.5) is 0 Å². The molecule has 0 radical (unpaired) electrons. The Kier molecular flexibility index (Phi) is 8.52. The Hall–Kier alpha value is -2.84. The van der Waals surface area contributed by atoms with E-state index in [0.717, 1.165) is 50.7 Å². The van der Waals surface area contributed by atoms with E-state index in [-0.39, 0.29) is 22.9 Å². The second-order valence-corrected chi connectivity index (χ2v) is 12.4. The highest BCUT2D eigenvalue weighted by Crippen LogP contribution is 2.38. The first kappa shape index (κ1) is 28.2. The quantitative estimate of drug-likeness (QED) is 0.637. The van der Waals surface area contributed by atoms with Crippen LogP contribution in [0.5, 0.6) is 0 Å². The number of nitrogens with zero attached hydrogens (tertiary/aromatic N) is 4. The molecule has 2 aromatic heterocycles. The van der Waals surface area contributed by atoms with E-state index >= 15 is 0 Å². The van der Waals surface area contributed by atoms with E-state index in [4.69, 9.17) is 0 Å². The van der Waals surface area contributed by atoms with Crippen molar-refractivity contribution < 1.29 is 9.59 Å². The van der Waals surface area contributed by atoms with Gasteiger partial charge in [0.2, 0.25) is 0 Å². The van der Waals surface area contributed by atoms with Gasteiger partial charge in [-0.2, -0.15) is 0 Å². The van der Waals surface area contributed by atoms with Crippen molar-refractivity contribution in [3.05, 3.63) is 59.2 Å². The Bertz CT molecular complexity index is 1060. The van der Waals surface area contributed by atoms with Crippen LogP contribution in [0, 0.1) is 0 Å². The fourth-order valence-corrected chi connectivity index (χ4v) is 5.02. The molecule has 2 N–H and O–H groups in total. The molecule has 3 fully saturated rings. The normalized spacial score (nSPS) is 20.5. The van der Waals surface area contributed by atoms with Gasteiger partial charge in [-0.05, 0) is 70.7 Å². The number of hydrogen-bond acceptors (Lipinski definition) is 6. The molecule has 2 amide bonds. The summed E-state index contributed by atoms with van der Waals surface area (Å²) in [5, 5.41) is 6.83. The lowest BCUT2D eigenvalue weighted by molar-refractivity contribution is 0.0641. The van der Waals surface area contributed by atoms with E-state index in [1.165, 1.54) is 12.8 Å². The van der Waals surface area contributed by atoms with Crippen LogP contribution in [-0.2, 0) is 0 Å². The molecule has 0 atom stereocenters. The van der Waals surface area contributed by atoms with Crippen LogP contribution < -0.4 is 10.6 Å². The maximum atomic E-state index is 12.5. The second kappa shape index (κ2) is 11.5. The largest absolute Gasteiger partial charge is 0.334 e. The van der Waals surface area contributed by atoms with Crippen LogP contribution in [0.15, 0.2) is 36.4 Å². The molecule has 206 valence electrons. The molecule has 5 rings (SSSR count). The molecule has 0 bridgehead atoms. The van der Waals surface area contributed by atoms with Gasteiger partial charge in [-0.3, -0.25) is 9.59 Å². The molecule has 0 spiro atoms. The van der Waals surface area contributed by atoms with Crippen molar-refractivity contribution in [2.75, 3.05) is 39.3 Å². The number of carbonyl (C=O) groups is 2. The lowest BCUT2D eigenvalue weighted by Gasteiger charge is -2.39. The Morgan fingerprint density at radius 1 is 0.816 bits per heavy atom. The fraction of sp³-hybridized carbons (Fsp3) is 0.600. The Balaban J connectivity index is 0.000000177. The topological polar surface area (TPSA) is 90.5 Å². The second-order valence-electron chi connectivity index (χ2n) is 12.4. The predicted octanol–water partition coefficient (Wildman–Crippen LogP) is 3.81. The zero-order valence-corrected chi connectivity index (χ0v) is 23.9. The van der Waals surface area contributed by atoms with E-state index in [9.17, 15) is 9.59 Å². The number of nitrogens with one attached hydrogen (secondary N) is 2. The van der Waals surface area contributed by atoms with Gasteiger partial charge >= 0.3 is 0 Å². The van der Waals surface area contributed by atoms with Crippen LogP contribution in [-0.4, -0.2) is 81.9 Å². The lowest BCUT2D eigenvalue weighted by Crippen LogP contribution is -2.58. The summed E-state index contributed by atoms with van der Waals surface area (Å²) in [6, 6.07) is 11.5. The number of hydrogen-bond donors (Lipinski definition) is 2. The van der Waals surface area contributed by atoms with Gasteiger partial charge in [0.15, 0.2) is 0 Å². The average molecular weight is 521 g/mol. The van der Waals surface area contributed by atoms with Gasteiger partial charge < -0.3 is 20.4 Å². The smallest absolute Gasteiger partial charge is 0.272 e. The number of amides is 2. The summed E-state index contributed by atoms with van der Waals surface area (Å²) in [6.07, 6.45) is 2.43. The minimum absolute atomic E-state index is 0.0119. The van der Waals surface area contributed by atoms with Crippen molar-refractivity contribution in [1.29, 1.82) is 0 Å². The van der Waals surface area contributed by atoms with E-state index in [0.29, 0.717) is 23.2 Å². The standard InChI is InChI=1S/C15H21N3O.C15H23N3O/c1-15(2)10-18(9-8-16-15)14(19)13-5-3-4-12(17-13)11-6-7-11;1-11(2)12-6-5-7-13(17-12)14(19)18-9-8-16-15(3,4)10-18/h3-5,11,16H,6-10H2,1-2H3;5-7,11,16H,8-10H2,1-4H3. The van der Waals surface area contributed by atoms with Crippen molar-refractivity contribution in [1.82, 2.24) is 30.4 Å². The van der Waals surface area contributed by atoms with E-state index in [2.05, 4.69) is 62.1 Å². The third-order valence-corrected chi connectivity index (χ3v) is 7.28. The Morgan fingerprint density at radius 3 is 1.79 bits per heavy atom. The van der Waals surface area contributed by atoms with Crippen molar-refractivity contribution in [3.63, 3.8) is 0 Å². The van der Waals surface area contributed by atoms with Crippen LogP contribution in [0.3, 0.4) is 0 Å². The van der Waals surface area contributed by atoms with E-state index in [1.807, 2.05) is 46.2 Å². The fourth-order valence-electron chi connectivity index (χ4n) is 5.02. The highest BCUT2D eigenvalue weighted by molar-refractivity contribution is 5.93. The summed E-state index contributed by atoms with van der Waals surface area (Å²) in [6.45, 7) is 17.3. The number of pyridine rings is 2. The van der Waals surface area contributed by atoms with Crippen molar-refractivity contribution in [3.8, 4) is 0 Å². The first-order valence-corrected chi connectivity index (χ1v) is 14.0. The molecule has 1 saturated carbocycles. The SMILES string of the molecule is CC(C)c1cccc(C(=O)N2CCNC(C)(C)C2)n1.CC1(C)CN(C(=O)c2cccc(C3CC3)n2)CCN1. The average Bonchev–Trinajstić information content (AvgIpc) is 3.73. The predicted molar refractivity (Wildman–Crippen MR) is 151 cm³/mol. The minimum Gasteiger partial charge on any atom is -0.334 e. The van der Waals surface area contributed by atoms with Gasteiger partial charge in [-0.25, -0.2) is 9.97 Å². The van der Waals surface area contributed by atoms with E-state index < -0.39 is 0 Å². The van der Waals surface area contributed by atoms with Crippen LogP contribution in [0.25, 0.3) is 0 Å². The molecular weight excluding hydrogens is 476 g/mol. The molecule has 8 nitrogen and oxygen atoms in total. The maximum absolute atomic E-state index is 12.5. The van der Waals surface area contributed by atoms with Crippen LogP contribution in [0.2, 0.25) is 0 Å². The third kappa shape index (κ3) is 7.38. The number of carbonyl (C=O) groups excluding carboxylic acids is 2. The molecule has 8 heteroatoms. The lowest BCUT2D eigenvalue weighted by atomic mass is 10.0. The Morgan fingerprint density at radius 2 is 1.32 bits per heavy atom. The van der Waals surface area contributed by atoms with Gasteiger partial charge in [0.05, 0.1) is 0 Å². The van der Waals surface area contributed by atoms with Gasteiger partial charge in [0.25, 0.3) is 11.8 Å². The molecule has 1 aliphatic carbocycles. The molecule has 2 aromatic rings. The summed E-state index contributed by atoms with van der Waals surface area (Å²) < 4.78 is 0. The highest BCUT2D eigenvalue weighted by atomic mass is 16.2. The summed E-state index contributed by atoms with van der Waals surface area (Å²) in [5.41, 5.74) is 3.18. The monoisotopic (exact) mass is 520 g/mol. The van der Waals surface area contributed by atoms with E-state index in [1.54, 1.807) is 0 Å². The van der Waals surface area contributed by atoms with Crippen molar-refractivity contribution >= 4 is 11.8 Å². The van der Waals surface area contributed by atoms with Crippen molar-refractivity contribution in [2.45, 2.75) is 77.3 Å². The minimum atomic E-state index is -0.0242. The zero-order chi connectivity index (χ0) is 27.5. The number of aromatic nitrogens is 2. The maximum Gasteiger partial charge on any atom is 0.272 e. The van der Waals surface area contributed by atoms with Crippen molar-refractivity contribution in [2.24, 2.45) is 0 Å². The van der Waals surface area contributed by atoms with Crippen LogP contribution >= 0.6 is 0 Å². The third-order valence-electron chi connectivity index (χ3n) is 7.28. The molecular formula is C30H44N6O2. The molecule has 3 aliphatic rings. The molecule has 38 heavy (non-hydrogen) atoms. The molecule has 0 unspecified atom stereocenters. The summed E-state index contributed by atoms with van der Waals surface area (Å²) in [7, 11) is 0. The number of piperazine rings is 2. The van der Waals surface area contributed by atoms with Gasteiger partial charge in [0, 0.05) is 67.7 Å². The molecule has 2 saturated heterocycles. The van der Waals surface area contributed by atoms with Gasteiger partial charge in [0.1, 0.15) is 11.4 Å². The Labute approximate surface area is 227 Å².